The SMILES string of the molecule is CC(C)(C)OC(=O)NCCC(=O)Nc1cccc(Cc2nn[nH]n2)c1. The first-order chi connectivity index (χ1) is 11.8. The van der Waals surface area contributed by atoms with Crippen molar-refractivity contribution in [2.75, 3.05) is 11.9 Å². The number of anilines is 1. The Bertz CT molecular complexity index is 709. The number of carbonyl (C=O) groups is 2. The molecule has 0 atom stereocenters. The highest BCUT2D eigenvalue weighted by Gasteiger charge is 2.15. The Hall–Kier alpha value is -2.97. The number of nitrogens with zero attached hydrogens (tertiary/aromatic N) is 3. The van der Waals surface area contributed by atoms with Crippen LogP contribution in [0.1, 0.15) is 38.6 Å². The number of tetrazole rings is 1. The first kappa shape index (κ1) is 18.4. The lowest BCUT2D eigenvalue weighted by Crippen LogP contribution is -2.34. The summed E-state index contributed by atoms with van der Waals surface area (Å²) in [5.41, 5.74) is 1.06. The lowest BCUT2D eigenvalue weighted by Gasteiger charge is -2.19. The monoisotopic (exact) mass is 346 g/mol. The number of hydrogen-bond acceptors (Lipinski definition) is 6. The zero-order valence-electron chi connectivity index (χ0n) is 14.5. The van der Waals surface area contributed by atoms with Crippen molar-refractivity contribution < 1.29 is 14.3 Å². The van der Waals surface area contributed by atoms with Gasteiger partial charge in [-0.15, -0.1) is 10.2 Å². The summed E-state index contributed by atoms with van der Waals surface area (Å²) in [6.45, 7) is 5.53. The van der Waals surface area contributed by atoms with Crippen LogP contribution in [0.3, 0.4) is 0 Å². The Morgan fingerprint density at radius 2 is 2.08 bits per heavy atom. The van der Waals surface area contributed by atoms with Crippen LogP contribution in [0.25, 0.3) is 0 Å². The summed E-state index contributed by atoms with van der Waals surface area (Å²) in [6.07, 6.45) is 0.122. The predicted molar refractivity (Wildman–Crippen MR) is 90.9 cm³/mol. The van der Waals surface area contributed by atoms with E-state index in [-0.39, 0.29) is 18.9 Å². The molecule has 0 saturated heterocycles. The number of aromatic amines is 1. The van der Waals surface area contributed by atoms with Gasteiger partial charge in [-0.05, 0) is 38.5 Å². The van der Waals surface area contributed by atoms with E-state index in [1.165, 1.54) is 0 Å². The van der Waals surface area contributed by atoms with E-state index in [9.17, 15) is 9.59 Å². The summed E-state index contributed by atoms with van der Waals surface area (Å²) >= 11 is 0. The topological polar surface area (TPSA) is 122 Å². The third kappa shape index (κ3) is 6.98. The van der Waals surface area contributed by atoms with Gasteiger partial charge < -0.3 is 15.4 Å². The Morgan fingerprint density at radius 1 is 1.28 bits per heavy atom. The van der Waals surface area contributed by atoms with E-state index in [1.54, 1.807) is 26.8 Å². The van der Waals surface area contributed by atoms with Crippen molar-refractivity contribution in [3.8, 4) is 0 Å². The van der Waals surface area contributed by atoms with E-state index in [1.807, 2.05) is 18.2 Å². The van der Waals surface area contributed by atoms with Crippen molar-refractivity contribution in [2.24, 2.45) is 0 Å². The number of aromatic nitrogens is 4. The van der Waals surface area contributed by atoms with Crippen molar-refractivity contribution in [3.05, 3.63) is 35.7 Å². The van der Waals surface area contributed by atoms with Crippen LogP contribution in [0.2, 0.25) is 0 Å². The van der Waals surface area contributed by atoms with Crippen LogP contribution in [-0.4, -0.2) is 44.8 Å². The molecule has 3 N–H and O–H groups in total. The van der Waals surface area contributed by atoms with Gasteiger partial charge >= 0.3 is 6.09 Å². The first-order valence-electron chi connectivity index (χ1n) is 7.90. The molecule has 0 aliphatic heterocycles. The fraction of sp³-hybridized carbons (Fsp3) is 0.438. The number of hydrogen-bond donors (Lipinski definition) is 3. The summed E-state index contributed by atoms with van der Waals surface area (Å²) in [5, 5.41) is 19.0. The summed E-state index contributed by atoms with van der Waals surface area (Å²) in [4.78, 5) is 23.5. The number of alkyl carbamates (subject to hydrolysis) is 1. The van der Waals surface area contributed by atoms with E-state index < -0.39 is 11.7 Å². The quantitative estimate of drug-likeness (QED) is 0.731. The maximum Gasteiger partial charge on any atom is 0.407 e. The Balaban J connectivity index is 1.77. The highest BCUT2D eigenvalue weighted by molar-refractivity contribution is 5.91. The van der Waals surface area contributed by atoms with Gasteiger partial charge in [0.1, 0.15) is 5.60 Å². The molecule has 25 heavy (non-hydrogen) atoms. The Kier molecular flexibility index (Phi) is 6.04. The van der Waals surface area contributed by atoms with Gasteiger partial charge in [0, 0.05) is 25.1 Å². The molecule has 2 rings (SSSR count). The minimum atomic E-state index is -0.564. The smallest absolute Gasteiger partial charge is 0.407 e. The van der Waals surface area contributed by atoms with E-state index >= 15 is 0 Å². The molecule has 2 aromatic rings. The van der Waals surface area contributed by atoms with Crippen molar-refractivity contribution >= 4 is 17.7 Å². The van der Waals surface area contributed by atoms with Gasteiger partial charge in [0.05, 0.1) is 0 Å². The van der Waals surface area contributed by atoms with Crippen LogP contribution in [0.5, 0.6) is 0 Å². The molecule has 0 saturated carbocycles. The van der Waals surface area contributed by atoms with Crippen LogP contribution in [0.4, 0.5) is 10.5 Å². The van der Waals surface area contributed by atoms with Crippen molar-refractivity contribution in [1.82, 2.24) is 25.9 Å². The minimum Gasteiger partial charge on any atom is -0.444 e. The second kappa shape index (κ2) is 8.22. The molecule has 1 aromatic carbocycles. The average molecular weight is 346 g/mol. The number of ether oxygens (including phenoxy) is 1. The van der Waals surface area contributed by atoms with E-state index in [0.29, 0.717) is 17.9 Å². The normalized spacial score (nSPS) is 11.0. The molecular weight excluding hydrogens is 324 g/mol. The Labute approximate surface area is 145 Å². The molecule has 1 aromatic heterocycles. The molecule has 2 amide bonds. The number of nitrogens with one attached hydrogen (secondary N) is 3. The van der Waals surface area contributed by atoms with Gasteiger partial charge in [-0.25, -0.2) is 4.79 Å². The standard InChI is InChI=1S/C16H22N6O3/c1-16(2,3)25-15(24)17-8-7-14(23)18-12-6-4-5-11(9-12)10-13-19-21-22-20-13/h4-6,9H,7-8,10H2,1-3H3,(H,17,24)(H,18,23)(H,19,20,21,22). The van der Waals surface area contributed by atoms with E-state index in [4.69, 9.17) is 4.74 Å². The van der Waals surface area contributed by atoms with Gasteiger partial charge in [0.15, 0.2) is 5.82 Å². The molecule has 0 spiro atoms. The fourth-order valence-electron chi connectivity index (χ4n) is 2.01. The lowest BCUT2D eigenvalue weighted by molar-refractivity contribution is -0.116. The largest absolute Gasteiger partial charge is 0.444 e. The number of H-pyrrole nitrogens is 1. The number of benzene rings is 1. The molecule has 1 heterocycles. The van der Waals surface area contributed by atoms with Crippen LogP contribution in [0.15, 0.2) is 24.3 Å². The molecule has 0 bridgehead atoms. The molecule has 0 unspecified atom stereocenters. The van der Waals surface area contributed by atoms with Gasteiger partial charge in [-0.2, -0.15) is 5.21 Å². The summed E-state index contributed by atoms with van der Waals surface area (Å²) in [6, 6.07) is 7.38. The molecule has 9 nitrogen and oxygen atoms in total. The van der Waals surface area contributed by atoms with Gasteiger partial charge in [0.25, 0.3) is 0 Å². The first-order valence-corrected chi connectivity index (χ1v) is 7.90. The van der Waals surface area contributed by atoms with Crippen molar-refractivity contribution in [1.29, 1.82) is 0 Å². The molecule has 134 valence electrons. The summed E-state index contributed by atoms with van der Waals surface area (Å²) < 4.78 is 5.10. The number of carbonyl (C=O) groups excluding carboxylic acids is 2. The highest BCUT2D eigenvalue weighted by Crippen LogP contribution is 2.13. The molecule has 0 radical (unpaired) electrons. The van der Waals surface area contributed by atoms with Crippen LogP contribution in [0, 0.1) is 0 Å². The van der Waals surface area contributed by atoms with Crippen LogP contribution in [-0.2, 0) is 16.0 Å². The molecular formula is C16H22N6O3. The molecule has 0 aliphatic rings. The van der Waals surface area contributed by atoms with Crippen molar-refractivity contribution in [3.63, 3.8) is 0 Å². The van der Waals surface area contributed by atoms with Crippen molar-refractivity contribution in [2.45, 2.75) is 39.2 Å². The fourth-order valence-corrected chi connectivity index (χ4v) is 2.01. The zero-order valence-corrected chi connectivity index (χ0v) is 14.5. The van der Waals surface area contributed by atoms with Gasteiger partial charge in [0.2, 0.25) is 5.91 Å². The Morgan fingerprint density at radius 3 is 2.76 bits per heavy atom. The molecule has 0 fully saturated rings. The summed E-state index contributed by atoms with van der Waals surface area (Å²) in [5.74, 6) is 0.373. The second-order valence-electron chi connectivity index (χ2n) is 6.43. The average Bonchev–Trinajstić information content (AvgIpc) is 2.98. The lowest BCUT2D eigenvalue weighted by atomic mass is 10.1. The number of rotatable bonds is 6. The third-order valence-electron chi connectivity index (χ3n) is 2.98. The predicted octanol–water partition coefficient (Wildman–Crippen LogP) is 1.64. The number of amides is 2. The van der Waals surface area contributed by atoms with Gasteiger partial charge in [-0.1, -0.05) is 17.3 Å². The summed E-state index contributed by atoms with van der Waals surface area (Å²) in [7, 11) is 0. The molecule has 0 aliphatic carbocycles. The van der Waals surface area contributed by atoms with E-state index in [2.05, 4.69) is 31.3 Å². The van der Waals surface area contributed by atoms with Gasteiger partial charge in [-0.3, -0.25) is 4.79 Å². The van der Waals surface area contributed by atoms with Crippen LogP contribution >= 0.6 is 0 Å². The maximum atomic E-state index is 12.0. The maximum absolute atomic E-state index is 12.0. The second-order valence-corrected chi connectivity index (χ2v) is 6.43. The third-order valence-corrected chi connectivity index (χ3v) is 2.98. The van der Waals surface area contributed by atoms with E-state index in [0.717, 1.165) is 5.56 Å². The van der Waals surface area contributed by atoms with Crippen LogP contribution < -0.4 is 10.6 Å². The minimum absolute atomic E-state index is 0.147. The highest BCUT2D eigenvalue weighted by atomic mass is 16.6. The molecule has 9 heteroatoms. The zero-order chi connectivity index (χ0) is 18.3.